The molecular formula is C26H19F4N3O2. The number of benzene rings is 3. The lowest BCUT2D eigenvalue weighted by molar-refractivity contribution is -0.112. The number of halogens is 4. The molecule has 3 N–H and O–H groups in total. The lowest BCUT2D eigenvalue weighted by Crippen LogP contribution is -2.22. The first-order valence-electron chi connectivity index (χ1n) is 10.2. The van der Waals surface area contributed by atoms with Crippen LogP contribution in [0.4, 0.5) is 28.9 Å². The summed E-state index contributed by atoms with van der Waals surface area (Å²) in [4.78, 5) is 12.9. The molecule has 1 unspecified atom stereocenters. The predicted octanol–water partition coefficient (Wildman–Crippen LogP) is 5.83. The van der Waals surface area contributed by atoms with Crippen molar-refractivity contribution in [2.24, 2.45) is 0 Å². The first-order valence-corrected chi connectivity index (χ1v) is 10.2. The number of rotatable bonds is 7. The van der Waals surface area contributed by atoms with Crippen LogP contribution in [0.5, 0.6) is 0 Å². The molecule has 178 valence electrons. The van der Waals surface area contributed by atoms with Gasteiger partial charge in [0.2, 0.25) is 0 Å². The summed E-state index contributed by atoms with van der Waals surface area (Å²) in [6.45, 7) is 2.96. The summed E-state index contributed by atoms with van der Waals surface area (Å²) >= 11 is 0. The van der Waals surface area contributed by atoms with Crippen molar-refractivity contribution in [1.29, 1.82) is 5.26 Å². The maximum atomic E-state index is 14.4. The third-order valence-electron chi connectivity index (χ3n) is 4.86. The lowest BCUT2D eigenvalue weighted by atomic mass is 10.0. The van der Waals surface area contributed by atoms with Crippen LogP contribution < -0.4 is 10.6 Å². The van der Waals surface area contributed by atoms with Crippen LogP contribution in [0.3, 0.4) is 0 Å². The summed E-state index contributed by atoms with van der Waals surface area (Å²) in [7, 11) is 0. The van der Waals surface area contributed by atoms with E-state index in [0.29, 0.717) is 11.6 Å². The molecule has 0 fully saturated rings. The number of alkyl halides is 3. The van der Waals surface area contributed by atoms with Gasteiger partial charge in [0.15, 0.2) is 0 Å². The highest BCUT2D eigenvalue weighted by Gasteiger charge is 2.31. The van der Waals surface area contributed by atoms with Crippen LogP contribution in [0.1, 0.15) is 22.8 Å². The summed E-state index contributed by atoms with van der Waals surface area (Å²) in [5.74, 6) is -1.71. The minimum absolute atomic E-state index is 0.0393. The quantitative estimate of drug-likeness (QED) is 0.225. The number of aliphatic hydroxyl groups is 1. The van der Waals surface area contributed by atoms with Crippen molar-refractivity contribution in [3.05, 3.63) is 119 Å². The molecule has 0 aliphatic heterocycles. The summed E-state index contributed by atoms with van der Waals surface area (Å²) in [6, 6.07) is 19.4. The van der Waals surface area contributed by atoms with Crippen LogP contribution >= 0.6 is 0 Å². The Morgan fingerprint density at radius 1 is 1.00 bits per heavy atom. The SMILES string of the molecule is C=C(/C=C(\Nc1cccc(C#N)c1)C(=O)Nc1ccc(F)c(C(O)c2ccccc2)c1)C(F)(F)F. The zero-order valence-corrected chi connectivity index (χ0v) is 18.1. The van der Waals surface area contributed by atoms with Gasteiger partial charge in [0.1, 0.15) is 17.6 Å². The molecule has 3 rings (SSSR count). The first-order chi connectivity index (χ1) is 16.6. The summed E-state index contributed by atoms with van der Waals surface area (Å²) in [5.41, 5.74) is -1.06. The Hall–Kier alpha value is -4.42. The number of hydrogen-bond acceptors (Lipinski definition) is 4. The second kappa shape index (κ2) is 10.7. The molecule has 0 saturated carbocycles. The number of aliphatic hydroxyl groups excluding tert-OH is 1. The van der Waals surface area contributed by atoms with Crippen molar-refractivity contribution >= 4 is 17.3 Å². The Morgan fingerprint density at radius 2 is 1.69 bits per heavy atom. The first kappa shape index (κ1) is 25.2. The van der Waals surface area contributed by atoms with E-state index < -0.39 is 35.3 Å². The number of nitrogens with zero attached hydrogens (tertiary/aromatic N) is 1. The topological polar surface area (TPSA) is 85.2 Å². The normalized spacial score (nSPS) is 12.4. The standard InChI is InChI=1S/C26H19F4N3O2/c1-16(26(28,29)30)12-23(32-19-9-5-6-17(13-19)15-31)25(35)33-20-10-11-22(27)21(14-20)24(34)18-7-3-2-4-8-18/h2-14,24,32,34H,1H2,(H,33,35)/b23-12-. The van der Waals surface area contributed by atoms with Crippen LogP contribution in [0.25, 0.3) is 0 Å². The van der Waals surface area contributed by atoms with Crippen molar-refractivity contribution < 1.29 is 27.5 Å². The van der Waals surface area contributed by atoms with Crippen LogP contribution in [-0.2, 0) is 4.79 Å². The van der Waals surface area contributed by atoms with Crippen LogP contribution in [-0.4, -0.2) is 17.2 Å². The van der Waals surface area contributed by atoms with Gasteiger partial charge in [-0.1, -0.05) is 43.0 Å². The summed E-state index contributed by atoms with van der Waals surface area (Å²) in [5, 5.41) is 24.6. The van der Waals surface area contributed by atoms with Gasteiger partial charge < -0.3 is 15.7 Å². The van der Waals surface area contributed by atoms with E-state index in [1.54, 1.807) is 30.3 Å². The van der Waals surface area contributed by atoms with Gasteiger partial charge in [-0.05, 0) is 48.0 Å². The minimum atomic E-state index is -4.79. The fraction of sp³-hybridized carbons (Fsp3) is 0.0769. The Labute approximate surface area is 198 Å². The van der Waals surface area contributed by atoms with Gasteiger partial charge in [0.25, 0.3) is 5.91 Å². The average molecular weight is 481 g/mol. The molecule has 0 aliphatic rings. The Balaban J connectivity index is 1.91. The highest BCUT2D eigenvalue weighted by atomic mass is 19.4. The van der Waals surface area contributed by atoms with E-state index >= 15 is 0 Å². The van der Waals surface area contributed by atoms with E-state index in [9.17, 15) is 27.5 Å². The number of carbonyl (C=O) groups excluding carboxylic acids is 1. The number of anilines is 2. The number of nitriles is 1. The third-order valence-corrected chi connectivity index (χ3v) is 4.86. The van der Waals surface area contributed by atoms with Gasteiger partial charge in [-0.3, -0.25) is 4.79 Å². The fourth-order valence-electron chi connectivity index (χ4n) is 3.08. The van der Waals surface area contributed by atoms with E-state index in [4.69, 9.17) is 5.26 Å². The monoisotopic (exact) mass is 481 g/mol. The van der Waals surface area contributed by atoms with Gasteiger partial charge in [-0.25, -0.2) is 4.39 Å². The zero-order valence-electron chi connectivity index (χ0n) is 18.1. The third kappa shape index (κ3) is 6.56. The average Bonchev–Trinajstić information content (AvgIpc) is 2.84. The van der Waals surface area contributed by atoms with Crippen molar-refractivity contribution in [2.45, 2.75) is 12.3 Å². The van der Waals surface area contributed by atoms with Gasteiger partial charge in [-0.15, -0.1) is 0 Å². The molecule has 35 heavy (non-hydrogen) atoms. The second-order valence-electron chi connectivity index (χ2n) is 7.40. The Morgan fingerprint density at radius 3 is 2.34 bits per heavy atom. The predicted molar refractivity (Wildman–Crippen MR) is 124 cm³/mol. The number of carbonyl (C=O) groups is 1. The molecule has 0 aliphatic carbocycles. The minimum Gasteiger partial charge on any atom is -0.384 e. The van der Waals surface area contributed by atoms with Gasteiger partial charge in [0, 0.05) is 16.9 Å². The second-order valence-corrected chi connectivity index (χ2v) is 7.40. The maximum absolute atomic E-state index is 14.4. The number of hydrogen-bond donors (Lipinski definition) is 3. The molecule has 3 aromatic carbocycles. The molecule has 5 nitrogen and oxygen atoms in total. The number of amides is 1. The van der Waals surface area contributed by atoms with Gasteiger partial charge in [-0.2, -0.15) is 18.4 Å². The summed E-state index contributed by atoms with van der Waals surface area (Å²) in [6.07, 6.45) is -5.60. The van der Waals surface area contributed by atoms with Crippen molar-refractivity contribution in [3.63, 3.8) is 0 Å². The van der Waals surface area contributed by atoms with Crippen LogP contribution in [0.15, 0.2) is 96.7 Å². The van der Waals surface area contributed by atoms with Crippen molar-refractivity contribution in [1.82, 2.24) is 0 Å². The van der Waals surface area contributed by atoms with E-state index in [1.807, 2.05) is 6.07 Å². The number of nitrogens with one attached hydrogen (secondary N) is 2. The molecule has 0 bridgehead atoms. The van der Waals surface area contributed by atoms with Crippen LogP contribution in [0.2, 0.25) is 0 Å². The molecule has 9 heteroatoms. The molecule has 0 spiro atoms. The van der Waals surface area contributed by atoms with Crippen molar-refractivity contribution in [3.8, 4) is 6.07 Å². The molecule has 0 aromatic heterocycles. The van der Waals surface area contributed by atoms with Crippen LogP contribution in [0, 0.1) is 17.1 Å². The van der Waals surface area contributed by atoms with E-state index in [1.165, 1.54) is 36.4 Å². The molecule has 1 amide bonds. The molecular weight excluding hydrogens is 462 g/mol. The largest absolute Gasteiger partial charge is 0.415 e. The van der Waals surface area contributed by atoms with Crippen molar-refractivity contribution in [2.75, 3.05) is 10.6 Å². The molecule has 3 aromatic rings. The van der Waals surface area contributed by atoms with E-state index in [-0.39, 0.29) is 22.5 Å². The Kier molecular flexibility index (Phi) is 7.69. The summed E-state index contributed by atoms with van der Waals surface area (Å²) < 4.78 is 53.7. The fourth-order valence-corrected chi connectivity index (χ4v) is 3.08. The smallest absolute Gasteiger partial charge is 0.384 e. The molecule has 1 atom stereocenters. The zero-order chi connectivity index (χ0) is 25.6. The number of allylic oxidation sites excluding steroid dienone is 2. The van der Waals surface area contributed by atoms with E-state index in [0.717, 1.165) is 6.07 Å². The van der Waals surface area contributed by atoms with E-state index in [2.05, 4.69) is 17.2 Å². The van der Waals surface area contributed by atoms with Gasteiger partial charge >= 0.3 is 6.18 Å². The highest BCUT2D eigenvalue weighted by molar-refractivity contribution is 6.06. The van der Waals surface area contributed by atoms with Gasteiger partial charge in [0.05, 0.1) is 17.2 Å². The molecule has 0 saturated heterocycles. The maximum Gasteiger partial charge on any atom is 0.415 e. The highest BCUT2D eigenvalue weighted by Crippen LogP contribution is 2.29. The Bertz CT molecular complexity index is 1310. The molecule has 0 heterocycles. The lowest BCUT2D eigenvalue weighted by Gasteiger charge is -2.16. The molecule has 0 radical (unpaired) electrons.